The van der Waals surface area contributed by atoms with Crippen LogP contribution in [0.4, 0.5) is 5.82 Å². The molecule has 0 amide bonds. The smallest absolute Gasteiger partial charge is 0.376 e. The Morgan fingerprint density at radius 3 is 3.00 bits per heavy atom. The molecular formula is C12H14N4O2S. The van der Waals surface area contributed by atoms with E-state index in [1.165, 1.54) is 13.3 Å². The Morgan fingerprint density at radius 1 is 1.47 bits per heavy atom. The van der Waals surface area contributed by atoms with Gasteiger partial charge in [-0.15, -0.1) is 11.3 Å². The highest BCUT2D eigenvalue weighted by molar-refractivity contribution is 7.09. The van der Waals surface area contributed by atoms with Crippen molar-refractivity contribution in [3.8, 4) is 0 Å². The second kappa shape index (κ2) is 6.24. The van der Waals surface area contributed by atoms with Crippen LogP contribution < -0.4 is 5.32 Å². The van der Waals surface area contributed by atoms with Gasteiger partial charge in [0.15, 0.2) is 0 Å². The second-order valence-corrected chi connectivity index (χ2v) is 4.85. The summed E-state index contributed by atoms with van der Waals surface area (Å²) in [4.78, 5) is 23.6. The van der Waals surface area contributed by atoms with Crippen LogP contribution in [-0.4, -0.2) is 34.6 Å². The Kier molecular flexibility index (Phi) is 4.40. The molecule has 0 saturated carbocycles. The first-order valence-electron chi connectivity index (χ1n) is 5.75. The van der Waals surface area contributed by atoms with E-state index < -0.39 is 5.97 Å². The first kappa shape index (κ1) is 13.4. The molecule has 6 nitrogen and oxygen atoms in total. The van der Waals surface area contributed by atoms with Gasteiger partial charge in [0, 0.05) is 24.5 Å². The summed E-state index contributed by atoms with van der Waals surface area (Å²) in [7, 11) is 1.30. The molecular weight excluding hydrogens is 264 g/mol. The fourth-order valence-electron chi connectivity index (χ4n) is 1.49. The minimum Gasteiger partial charge on any atom is -0.463 e. The number of hydrogen-bond acceptors (Lipinski definition) is 7. The number of hydrogen-bond donors (Lipinski definition) is 1. The zero-order chi connectivity index (χ0) is 13.7. The molecule has 100 valence electrons. The maximum absolute atomic E-state index is 11.3. The molecule has 0 aliphatic carbocycles. The lowest BCUT2D eigenvalue weighted by Gasteiger charge is -2.05. The van der Waals surface area contributed by atoms with Gasteiger partial charge in [-0.25, -0.2) is 19.7 Å². The number of anilines is 1. The molecule has 0 bridgehead atoms. The van der Waals surface area contributed by atoms with Crippen molar-refractivity contribution in [3.63, 3.8) is 0 Å². The van der Waals surface area contributed by atoms with E-state index in [4.69, 9.17) is 0 Å². The number of aryl methyl sites for hydroxylation is 1. The maximum atomic E-state index is 11.3. The van der Waals surface area contributed by atoms with Crippen LogP contribution in [0.15, 0.2) is 17.6 Å². The van der Waals surface area contributed by atoms with E-state index in [1.807, 2.05) is 12.3 Å². The Bertz CT molecular complexity index is 570. The number of thiazole rings is 1. The predicted molar refractivity (Wildman–Crippen MR) is 72.4 cm³/mol. The van der Waals surface area contributed by atoms with E-state index in [-0.39, 0.29) is 5.82 Å². The summed E-state index contributed by atoms with van der Waals surface area (Å²) in [6.45, 7) is 2.68. The number of nitrogens with one attached hydrogen (secondary N) is 1. The van der Waals surface area contributed by atoms with Crippen LogP contribution in [0.2, 0.25) is 0 Å². The van der Waals surface area contributed by atoms with Crippen LogP contribution in [0, 0.1) is 6.92 Å². The van der Waals surface area contributed by atoms with Gasteiger partial charge in [-0.1, -0.05) is 0 Å². The summed E-state index contributed by atoms with van der Waals surface area (Å²) in [5.74, 6) is 0.109. The Morgan fingerprint density at radius 2 is 2.32 bits per heavy atom. The fourth-order valence-corrected chi connectivity index (χ4v) is 2.14. The molecule has 0 aliphatic heterocycles. The molecule has 2 heterocycles. The van der Waals surface area contributed by atoms with Gasteiger partial charge in [-0.3, -0.25) is 0 Å². The van der Waals surface area contributed by atoms with Crippen LogP contribution in [0.1, 0.15) is 21.3 Å². The summed E-state index contributed by atoms with van der Waals surface area (Å²) in [6, 6.07) is 1.71. The third-order valence-corrected chi connectivity index (χ3v) is 3.20. The van der Waals surface area contributed by atoms with Gasteiger partial charge in [0.25, 0.3) is 0 Å². The lowest BCUT2D eigenvalue weighted by molar-refractivity contribution is 0.0587. The highest BCUT2D eigenvalue weighted by atomic mass is 32.1. The molecule has 0 spiro atoms. The van der Waals surface area contributed by atoms with Crippen LogP contribution in [0.5, 0.6) is 0 Å². The lowest BCUT2D eigenvalue weighted by atomic mass is 10.3. The zero-order valence-electron chi connectivity index (χ0n) is 10.7. The van der Waals surface area contributed by atoms with Crippen LogP contribution in [0.25, 0.3) is 0 Å². The standard InChI is InChI=1S/C12H14N4O2S/c1-8-15-9(7-19-8)3-5-13-10-4-6-14-11(16-10)12(17)18-2/h4,6-7H,3,5H2,1-2H3,(H,13,14,16). The van der Waals surface area contributed by atoms with Crippen molar-refractivity contribution in [2.24, 2.45) is 0 Å². The Balaban J connectivity index is 1.90. The summed E-state index contributed by atoms with van der Waals surface area (Å²) in [5, 5.41) is 6.23. The van der Waals surface area contributed by atoms with Crippen molar-refractivity contribution >= 4 is 23.1 Å². The van der Waals surface area contributed by atoms with Crippen molar-refractivity contribution in [2.75, 3.05) is 19.0 Å². The average molecular weight is 278 g/mol. The summed E-state index contributed by atoms with van der Waals surface area (Å²) >= 11 is 1.63. The Hall–Kier alpha value is -2.02. The average Bonchev–Trinajstić information content (AvgIpc) is 2.84. The quantitative estimate of drug-likeness (QED) is 0.839. The number of carbonyl (C=O) groups excluding carboxylic acids is 1. The summed E-state index contributed by atoms with van der Waals surface area (Å²) in [6.07, 6.45) is 2.33. The zero-order valence-corrected chi connectivity index (χ0v) is 11.5. The largest absolute Gasteiger partial charge is 0.463 e. The third-order valence-electron chi connectivity index (χ3n) is 2.38. The molecule has 0 aliphatic rings. The number of ether oxygens (including phenoxy) is 1. The van der Waals surface area contributed by atoms with E-state index in [1.54, 1.807) is 17.4 Å². The van der Waals surface area contributed by atoms with Gasteiger partial charge in [-0.2, -0.15) is 0 Å². The van der Waals surface area contributed by atoms with Gasteiger partial charge in [0.1, 0.15) is 5.82 Å². The van der Waals surface area contributed by atoms with Crippen LogP contribution in [-0.2, 0) is 11.2 Å². The minimum absolute atomic E-state index is 0.0528. The van der Waals surface area contributed by atoms with Gasteiger partial charge < -0.3 is 10.1 Å². The number of carbonyl (C=O) groups is 1. The van der Waals surface area contributed by atoms with E-state index >= 15 is 0 Å². The topological polar surface area (TPSA) is 77.0 Å². The van der Waals surface area contributed by atoms with E-state index in [9.17, 15) is 4.79 Å². The summed E-state index contributed by atoms with van der Waals surface area (Å²) < 4.78 is 4.57. The monoisotopic (exact) mass is 278 g/mol. The molecule has 1 N–H and O–H groups in total. The minimum atomic E-state index is -0.543. The molecule has 2 aromatic rings. The molecule has 0 fully saturated rings. The fraction of sp³-hybridized carbons (Fsp3) is 0.333. The number of rotatable bonds is 5. The van der Waals surface area contributed by atoms with E-state index in [0.717, 1.165) is 17.1 Å². The van der Waals surface area contributed by atoms with Crippen molar-refractivity contribution in [2.45, 2.75) is 13.3 Å². The normalized spacial score (nSPS) is 10.2. The highest BCUT2D eigenvalue weighted by Gasteiger charge is 2.09. The molecule has 0 atom stereocenters. The molecule has 2 rings (SSSR count). The molecule has 0 unspecified atom stereocenters. The molecule has 2 aromatic heterocycles. The van der Waals surface area contributed by atoms with Gasteiger partial charge in [0.05, 0.1) is 17.8 Å². The van der Waals surface area contributed by atoms with Crippen molar-refractivity contribution < 1.29 is 9.53 Å². The van der Waals surface area contributed by atoms with Crippen LogP contribution in [0.3, 0.4) is 0 Å². The number of aromatic nitrogens is 3. The van der Waals surface area contributed by atoms with Crippen molar-refractivity contribution in [1.29, 1.82) is 0 Å². The van der Waals surface area contributed by atoms with Crippen molar-refractivity contribution in [3.05, 3.63) is 34.2 Å². The van der Waals surface area contributed by atoms with Crippen LogP contribution >= 0.6 is 11.3 Å². The third kappa shape index (κ3) is 3.72. The molecule has 7 heteroatoms. The predicted octanol–water partition coefficient (Wildman–Crippen LogP) is 1.68. The number of esters is 1. The first-order valence-corrected chi connectivity index (χ1v) is 6.63. The number of nitrogens with zero attached hydrogens (tertiary/aromatic N) is 3. The highest BCUT2D eigenvalue weighted by Crippen LogP contribution is 2.09. The van der Waals surface area contributed by atoms with Gasteiger partial charge >= 0.3 is 5.97 Å². The second-order valence-electron chi connectivity index (χ2n) is 3.79. The SMILES string of the molecule is COC(=O)c1nccc(NCCc2csc(C)n2)n1. The molecule has 0 aromatic carbocycles. The van der Waals surface area contributed by atoms with E-state index in [0.29, 0.717) is 12.4 Å². The molecule has 0 radical (unpaired) electrons. The van der Waals surface area contributed by atoms with Gasteiger partial charge in [0.2, 0.25) is 5.82 Å². The maximum Gasteiger partial charge on any atom is 0.376 e. The van der Waals surface area contributed by atoms with Gasteiger partial charge in [-0.05, 0) is 13.0 Å². The lowest BCUT2D eigenvalue weighted by Crippen LogP contribution is -2.11. The molecule has 0 saturated heterocycles. The van der Waals surface area contributed by atoms with E-state index in [2.05, 4.69) is 25.0 Å². The van der Waals surface area contributed by atoms with Crippen molar-refractivity contribution in [1.82, 2.24) is 15.0 Å². The Labute approximate surface area is 114 Å². The number of methoxy groups -OCH3 is 1. The first-order chi connectivity index (χ1) is 9.19. The molecule has 19 heavy (non-hydrogen) atoms. The summed E-state index contributed by atoms with van der Waals surface area (Å²) in [5.41, 5.74) is 1.05.